The number of carbonyl (C=O) groups is 1. The van der Waals surface area contributed by atoms with Crippen molar-refractivity contribution in [1.82, 2.24) is 0 Å². The van der Waals surface area contributed by atoms with Gasteiger partial charge in [-0.3, -0.25) is 4.79 Å². The van der Waals surface area contributed by atoms with E-state index in [0.29, 0.717) is 5.56 Å². The number of carbonyl (C=O) groups excluding carboxylic acids is 1. The quantitative estimate of drug-likeness (QED) is 0.372. The first-order valence-corrected chi connectivity index (χ1v) is 3.58. The number of ether oxygens (including phenoxy) is 1. The van der Waals surface area contributed by atoms with Gasteiger partial charge in [-0.2, -0.15) is 0 Å². The lowest BCUT2D eigenvalue weighted by molar-refractivity contribution is -0.132. The predicted octanol–water partition coefficient (Wildman–Crippen LogP) is 1.73. The summed E-state index contributed by atoms with van der Waals surface area (Å²) in [5.41, 5.74) is 0.411. The maximum Gasteiger partial charge on any atom is 0.308 e. The topological polar surface area (TPSA) is 26.3 Å². The molecule has 0 atom stereocenters. The summed E-state index contributed by atoms with van der Waals surface area (Å²) in [4.78, 5) is 10.5. The summed E-state index contributed by atoms with van der Waals surface area (Å²) in [6.45, 7) is 1.20. The number of rotatable bonds is 1. The minimum Gasteiger partial charge on any atom is -0.424 e. The molecule has 0 heterocycles. The Morgan fingerprint density at radius 1 is 1.62 bits per heavy atom. The second-order valence-electron chi connectivity index (χ2n) is 2.38. The second kappa shape index (κ2) is 3.72. The van der Waals surface area contributed by atoms with E-state index in [4.69, 9.17) is 6.42 Å². The Balaban J connectivity index is 3.00. The normalized spacial score (nSPS) is 9.00. The summed E-state index contributed by atoms with van der Waals surface area (Å²) >= 11 is 0. The molecule has 66 valence electrons. The zero-order valence-electron chi connectivity index (χ0n) is 7.00. The molecule has 0 bridgehead atoms. The van der Waals surface area contributed by atoms with Crippen LogP contribution in [0.3, 0.4) is 0 Å². The molecule has 1 aromatic carbocycles. The van der Waals surface area contributed by atoms with Crippen LogP contribution < -0.4 is 4.74 Å². The van der Waals surface area contributed by atoms with Gasteiger partial charge in [-0.05, 0) is 18.2 Å². The van der Waals surface area contributed by atoms with Crippen molar-refractivity contribution in [2.75, 3.05) is 0 Å². The van der Waals surface area contributed by atoms with Crippen LogP contribution in [-0.2, 0) is 4.79 Å². The van der Waals surface area contributed by atoms with E-state index < -0.39 is 11.8 Å². The highest BCUT2D eigenvalue weighted by Crippen LogP contribution is 2.17. The fourth-order valence-corrected chi connectivity index (χ4v) is 0.828. The third-order valence-corrected chi connectivity index (χ3v) is 1.35. The van der Waals surface area contributed by atoms with Crippen molar-refractivity contribution in [1.29, 1.82) is 0 Å². The van der Waals surface area contributed by atoms with Crippen LogP contribution in [0.15, 0.2) is 18.2 Å². The summed E-state index contributed by atoms with van der Waals surface area (Å²) in [5.74, 6) is 0.966. The third kappa shape index (κ3) is 2.31. The van der Waals surface area contributed by atoms with Gasteiger partial charge in [0, 0.05) is 12.5 Å². The van der Waals surface area contributed by atoms with E-state index in [1.165, 1.54) is 19.1 Å². The van der Waals surface area contributed by atoms with Crippen LogP contribution in [0.25, 0.3) is 0 Å². The fourth-order valence-electron chi connectivity index (χ4n) is 0.828. The molecule has 0 aliphatic heterocycles. The molecule has 2 nitrogen and oxygen atoms in total. The van der Waals surface area contributed by atoms with Gasteiger partial charge in [0.05, 0.1) is 0 Å². The van der Waals surface area contributed by atoms with E-state index in [2.05, 4.69) is 10.7 Å². The predicted molar refractivity (Wildman–Crippen MR) is 45.6 cm³/mol. The molecule has 0 aliphatic rings. The number of benzene rings is 1. The number of hydrogen-bond donors (Lipinski definition) is 0. The van der Waals surface area contributed by atoms with Crippen LogP contribution in [0.5, 0.6) is 5.75 Å². The zero-order valence-corrected chi connectivity index (χ0v) is 7.00. The smallest absolute Gasteiger partial charge is 0.308 e. The molecule has 0 radical (unpaired) electrons. The lowest BCUT2D eigenvalue weighted by Crippen LogP contribution is -2.03. The van der Waals surface area contributed by atoms with Gasteiger partial charge in [-0.1, -0.05) is 5.92 Å². The molecule has 0 fully saturated rings. The van der Waals surface area contributed by atoms with Crippen molar-refractivity contribution >= 4 is 5.97 Å². The average Bonchev–Trinajstić information content (AvgIpc) is 2.08. The molecule has 0 spiro atoms. The lowest BCUT2D eigenvalue weighted by atomic mass is 10.2. The Hall–Kier alpha value is -1.82. The van der Waals surface area contributed by atoms with Gasteiger partial charge in [0.2, 0.25) is 0 Å². The van der Waals surface area contributed by atoms with Crippen LogP contribution in [0, 0.1) is 18.2 Å². The summed E-state index contributed by atoms with van der Waals surface area (Å²) < 4.78 is 17.6. The first-order valence-electron chi connectivity index (χ1n) is 3.58. The molecule has 0 N–H and O–H groups in total. The largest absolute Gasteiger partial charge is 0.424 e. The molecular formula is C10H7FO2. The molecule has 0 aliphatic carbocycles. The monoisotopic (exact) mass is 178 g/mol. The maximum atomic E-state index is 13.0. The van der Waals surface area contributed by atoms with Crippen molar-refractivity contribution in [3.63, 3.8) is 0 Å². The van der Waals surface area contributed by atoms with Crippen LogP contribution >= 0.6 is 0 Å². The second-order valence-corrected chi connectivity index (χ2v) is 2.38. The number of halogens is 1. The zero-order chi connectivity index (χ0) is 9.84. The molecule has 3 heteroatoms. The molecule has 0 saturated heterocycles. The molecule has 1 aromatic rings. The third-order valence-electron chi connectivity index (χ3n) is 1.35. The SMILES string of the molecule is C#Cc1ccc(OC(C)=O)c(F)c1. The van der Waals surface area contributed by atoms with Crippen molar-refractivity contribution in [3.05, 3.63) is 29.6 Å². The van der Waals surface area contributed by atoms with E-state index >= 15 is 0 Å². The Kier molecular flexibility index (Phi) is 2.65. The number of terminal acetylenes is 1. The van der Waals surface area contributed by atoms with Gasteiger partial charge in [0.25, 0.3) is 0 Å². The minimum absolute atomic E-state index is 0.105. The van der Waals surface area contributed by atoms with Crippen LogP contribution in [0.2, 0.25) is 0 Å². The van der Waals surface area contributed by atoms with E-state index in [1.54, 1.807) is 0 Å². The van der Waals surface area contributed by atoms with E-state index in [9.17, 15) is 9.18 Å². The van der Waals surface area contributed by atoms with E-state index in [-0.39, 0.29) is 5.75 Å². The van der Waals surface area contributed by atoms with Crippen LogP contribution in [-0.4, -0.2) is 5.97 Å². The maximum absolute atomic E-state index is 13.0. The van der Waals surface area contributed by atoms with Gasteiger partial charge < -0.3 is 4.74 Å². The van der Waals surface area contributed by atoms with Crippen molar-refractivity contribution < 1.29 is 13.9 Å². The molecule has 13 heavy (non-hydrogen) atoms. The highest BCUT2D eigenvalue weighted by atomic mass is 19.1. The van der Waals surface area contributed by atoms with E-state index in [0.717, 1.165) is 6.07 Å². The Morgan fingerprint density at radius 2 is 2.31 bits per heavy atom. The molecule has 0 saturated carbocycles. The molecule has 0 aromatic heterocycles. The molecule has 1 rings (SSSR count). The first kappa shape index (κ1) is 9.27. The Labute approximate surface area is 75.3 Å². The number of hydrogen-bond acceptors (Lipinski definition) is 2. The Bertz CT molecular complexity index is 377. The van der Waals surface area contributed by atoms with Crippen LogP contribution in [0.1, 0.15) is 12.5 Å². The molecular weight excluding hydrogens is 171 g/mol. The lowest BCUT2D eigenvalue weighted by Gasteiger charge is -2.01. The average molecular weight is 178 g/mol. The number of esters is 1. The highest BCUT2D eigenvalue weighted by Gasteiger charge is 2.05. The minimum atomic E-state index is -0.634. The van der Waals surface area contributed by atoms with Gasteiger partial charge in [-0.25, -0.2) is 4.39 Å². The Morgan fingerprint density at radius 3 is 2.77 bits per heavy atom. The highest BCUT2D eigenvalue weighted by molar-refractivity contribution is 5.69. The molecule has 0 amide bonds. The van der Waals surface area contributed by atoms with Gasteiger partial charge in [-0.15, -0.1) is 6.42 Å². The van der Waals surface area contributed by atoms with Gasteiger partial charge in [0.1, 0.15) is 0 Å². The van der Waals surface area contributed by atoms with Crippen molar-refractivity contribution in [3.8, 4) is 18.1 Å². The summed E-state index contributed by atoms with van der Waals surface area (Å²) in [6, 6.07) is 3.96. The standard InChI is InChI=1S/C10H7FO2/c1-3-8-4-5-10(9(11)6-8)13-7(2)12/h1,4-6H,2H3. The van der Waals surface area contributed by atoms with Crippen molar-refractivity contribution in [2.45, 2.75) is 6.92 Å². The first-order chi connectivity index (χ1) is 6.13. The van der Waals surface area contributed by atoms with Crippen molar-refractivity contribution in [2.24, 2.45) is 0 Å². The van der Waals surface area contributed by atoms with Gasteiger partial charge >= 0.3 is 5.97 Å². The molecule has 0 unspecified atom stereocenters. The summed E-state index contributed by atoms with van der Waals surface area (Å²) in [5, 5.41) is 0. The summed E-state index contributed by atoms with van der Waals surface area (Å²) in [6.07, 6.45) is 5.05. The summed E-state index contributed by atoms with van der Waals surface area (Å²) in [7, 11) is 0. The van der Waals surface area contributed by atoms with Gasteiger partial charge in [0.15, 0.2) is 11.6 Å². The van der Waals surface area contributed by atoms with Crippen LogP contribution in [0.4, 0.5) is 4.39 Å². The van der Waals surface area contributed by atoms with E-state index in [1.807, 2.05) is 0 Å². The fraction of sp³-hybridized carbons (Fsp3) is 0.100.